The smallest absolute Gasteiger partial charge is 0.0949 e. The predicted octanol–water partition coefficient (Wildman–Crippen LogP) is 3.89. The van der Waals surface area contributed by atoms with Crippen LogP contribution < -0.4 is 5.06 Å². The van der Waals surface area contributed by atoms with Gasteiger partial charge in [0.05, 0.1) is 18.1 Å². The molecule has 0 radical (unpaired) electrons. The van der Waals surface area contributed by atoms with Crippen LogP contribution in [0.3, 0.4) is 0 Å². The van der Waals surface area contributed by atoms with Crippen LogP contribution in [0.2, 0.25) is 0 Å². The first kappa shape index (κ1) is 14.4. The number of imidazole rings is 1. The molecule has 4 nitrogen and oxygen atoms in total. The van der Waals surface area contributed by atoms with E-state index >= 15 is 0 Å². The van der Waals surface area contributed by atoms with Gasteiger partial charge in [0.25, 0.3) is 0 Å². The molecule has 0 aliphatic heterocycles. The fourth-order valence-electron chi connectivity index (χ4n) is 2.44. The molecule has 1 N–H and O–H groups in total. The maximum atomic E-state index is 10.3. The first-order chi connectivity index (χ1) is 10.7. The Morgan fingerprint density at radius 3 is 2.45 bits per heavy atom. The van der Waals surface area contributed by atoms with Crippen molar-refractivity contribution in [2.45, 2.75) is 19.5 Å². The van der Waals surface area contributed by atoms with Gasteiger partial charge in [0, 0.05) is 18.9 Å². The fourth-order valence-corrected chi connectivity index (χ4v) is 2.44. The minimum Gasteiger partial charge on any atom is -0.333 e. The summed E-state index contributed by atoms with van der Waals surface area (Å²) in [4.78, 5) is 4.04. The molecule has 0 fully saturated rings. The molecule has 0 spiro atoms. The second-order valence-electron chi connectivity index (χ2n) is 5.33. The summed E-state index contributed by atoms with van der Waals surface area (Å²) in [7, 11) is 0. The van der Waals surface area contributed by atoms with Crippen LogP contribution in [0, 0.1) is 0 Å². The summed E-state index contributed by atoms with van der Waals surface area (Å²) in [5.41, 5.74) is 3.07. The fraction of sp³-hybridized carbons (Fsp3) is 0.167. The SMILES string of the molecule is CC(c1ccc(Cn2ccnc2)cc1)N(O)c1ccccc1. The number of anilines is 1. The summed E-state index contributed by atoms with van der Waals surface area (Å²) < 4.78 is 2.03. The zero-order chi connectivity index (χ0) is 15.4. The number of hydrogen-bond acceptors (Lipinski definition) is 3. The molecule has 0 amide bonds. The minimum absolute atomic E-state index is 0.107. The van der Waals surface area contributed by atoms with Crippen LogP contribution in [0.15, 0.2) is 73.3 Å². The predicted molar refractivity (Wildman–Crippen MR) is 86.9 cm³/mol. The van der Waals surface area contributed by atoms with Gasteiger partial charge in [-0.05, 0) is 30.2 Å². The van der Waals surface area contributed by atoms with Gasteiger partial charge in [0.1, 0.15) is 0 Å². The van der Waals surface area contributed by atoms with Crippen molar-refractivity contribution < 1.29 is 5.21 Å². The lowest BCUT2D eigenvalue weighted by atomic mass is 10.1. The highest BCUT2D eigenvalue weighted by Gasteiger charge is 2.14. The molecular formula is C18H19N3O. The molecule has 4 heteroatoms. The summed E-state index contributed by atoms with van der Waals surface area (Å²) in [5, 5.41) is 11.6. The highest BCUT2D eigenvalue weighted by Crippen LogP contribution is 2.25. The zero-order valence-corrected chi connectivity index (χ0v) is 12.5. The molecule has 3 rings (SSSR count). The Labute approximate surface area is 130 Å². The number of nitrogens with zero attached hydrogens (tertiary/aromatic N) is 3. The Kier molecular flexibility index (Phi) is 4.21. The summed E-state index contributed by atoms with van der Waals surface area (Å²) >= 11 is 0. The summed E-state index contributed by atoms with van der Waals surface area (Å²) in [6.45, 7) is 2.79. The van der Waals surface area contributed by atoms with Crippen molar-refractivity contribution in [2.75, 3.05) is 5.06 Å². The average Bonchev–Trinajstić information content (AvgIpc) is 3.08. The number of benzene rings is 2. The molecule has 1 atom stereocenters. The van der Waals surface area contributed by atoms with Gasteiger partial charge in [-0.3, -0.25) is 5.21 Å². The molecule has 1 unspecified atom stereocenters. The first-order valence-corrected chi connectivity index (χ1v) is 7.32. The topological polar surface area (TPSA) is 41.3 Å². The highest BCUT2D eigenvalue weighted by atomic mass is 16.5. The maximum Gasteiger partial charge on any atom is 0.0949 e. The third kappa shape index (κ3) is 3.18. The zero-order valence-electron chi connectivity index (χ0n) is 12.5. The van der Waals surface area contributed by atoms with Gasteiger partial charge in [-0.25, -0.2) is 10.0 Å². The van der Waals surface area contributed by atoms with Crippen molar-refractivity contribution in [1.29, 1.82) is 0 Å². The van der Waals surface area contributed by atoms with Crippen molar-refractivity contribution in [1.82, 2.24) is 9.55 Å². The van der Waals surface area contributed by atoms with E-state index in [1.54, 1.807) is 12.5 Å². The quantitative estimate of drug-likeness (QED) is 0.726. The van der Waals surface area contributed by atoms with E-state index in [0.717, 1.165) is 17.8 Å². The Balaban J connectivity index is 1.72. The van der Waals surface area contributed by atoms with E-state index in [2.05, 4.69) is 29.2 Å². The first-order valence-electron chi connectivity index (χ1n) is 7.32. The standard InChI is InChI=1S/C18H19N3O/c1-15(21(22)18-5-3-2-4-6-18)17-9-7-16(8-10-17)13-20-12-11-19-14-20/h2-12,14-15,22H,13H2,1H3. The Bertz CT molecular complexity index is 693. The summed E-state index contributed by atoms with van der Waals surface area (Å²) in [6.07, 6.45) is 5.53. The maximum absolute atomic E-state index is 10.3. The second kappa shape index (κ2) is 6.45. The monoisotopic (exact) mass is 293 g/mol. The number of rotatable bonds is 5. The molecule has 3 aromatic rings. The number of aromatic nitrogens is 2. The van der Waals surface area contributed by atoms with Gasteiger partial charge in [0.15, 0.2) is 0 Å². The average molecular weight is 293 g/mol. The number of para-hydroxylation sites is 1. The molecule has 0 bridgehead atoms. The molecule has 22 heavy (non-hydrogen) atoms. The summed E-state index contributed by atoms with van der Waals surface area (Å²) in [6, 6.07) is 17.7. The van der Waals surface area contributed by atoms with Crippen LogP contribution in [-0.4, -0.2) is 14.8 Å². The van der Waals surface area contributed by atoms with Crippen LogP contribution in [0.4, 0.5) is 5.69 Å². The Morgan fingerprint density at radius 1 is 1.09 bits per heavy atom. The third-order valence-corrected chi connectivity index (χ3v) is 3.77. The Hall–Kier alpha value is -2.59. The molecule has 2 aromatic carbocycles. The van der Waals surface area contributed by atoms with Crippen LogP contribution in [0.1, 0.15) is 24.1 Å². The van der Waals surface area contributed by atoms with E-state index < -0.39 is 0 Å². The van der Waals surface area contributed by atoms with Crippen molar-refractivity contribution in [2.24, 2.45) is 0 Å². The lowest BCUT2D eigenvalue weighted by Crippen LogP contribution is -2.22. The molecule has 0 aliphatic carbocycles. The lowest BCUT2D eigenvalue weighted by Gasteiger charge is -2.25. The van der Waals surface area contributed by atoms with E-state index in [9.17, 15) is 5.21 Å². The van der Waals surface area contributed by atoms with E-state index in [1.807, 2.05) is 48.0 Å². The molecule has 0 saturated carbocycles. The van der Waals surface area contributed by atoms with Crippen molar-refractivity contribution in [3.05, 3.63) is 84.4 Å². The van der Waals surface area contributed by atoms with E-state index in [4.69, 9.17) is 0 Å². The number of hydroxylamine groups is 1. The molecule has 0 saturated heterocycles. The largest absolute Gasteiger partial charge is 0.333 e. The van der Waals surface area contributed by atoms with Gasteiger partial charge in [-0.15, -0.1) is 0 Å². The summed E-state index contributed by atoms with van der Waals surface area (Å²) in [5.74, 6) is 0. The van der Waals surface area contributed by atoms with E-state index in [1.165, 1.54) is 10.6 Å². The molecule has 112 valence electrons. The molecule has 1 heterocycles. The van der Waals surface area contributed by atoms with Crippen molar-refractivity contribution in [3.63, 3.8) is 0 Å². The van der Waals surface area contributed by atoms with E-state index in [0.29, 0.717) is 0 Å². The van der Waals surface area contributed by atoms with Crippen LogP contribution >= 0.6 is 0 Å². The molecular weight excluding hydrogens is 274 g/mol. The molecule has 1 aromatic heterocycles. The minimum atomic E-state index is -0.107. The normalized spacial score (nSPS) is 12.1. The highest BCUT2D eigenvalue weighted by molar-refractivity contribution is 5.45. The number of hydrogen-bond donors (Lipinski definition) is 1. The second-order valence-corrected chi connectivity index (χ2v) is 5.33. The molecule has 0 aliphatic rings. The van der Waals surface area contributed by atoms with Gasteiger partial charge in [-0.2, -0.15) is 0 Å². The van der Waals surface area contributed by atoms with Gasteiger partial charge in [-0.1, -0.05) is 42.5 Å². The van der Waals surface area contributed by atoms with Crippen LogP contribution in [-0.2, 0) is 6.54 Å². The van der Waals surface area contributed by atoms with E-state index in [-0.39, 0.29) is 6.04 Å². The van der Waals surface area contributed by atoms with Crippen LogP contribution in [0.25, 0.3) is 0 Å². The third-order valence-electron chi connectivity index (χ3n) is 3.77. The van der Waals surface area contributed by atoms with Crippen LogP contribution in [0.5, 0.6) is 0 Å². The van der Waals surface area contributed by atoms with Crippen molar-refractivity contribution in [3.8, 4) is 0 Å². The Morgan fingerprint density at radius 2 is 1.82 bits per heavy atom. The van der Waals surface area contributed by atoms with Gasteiger partial charge >= 0.3 is 0 Å². The van der Waals surface area contributed by atoms with Crippen molar-refractivity contribution >= 4 is 5.69 Å². The van der Waals surface area contributed by atoms with Gasteiger partial charge < -0.3 is 4.57 Å². The lowest BCUT2D eigenvalue weighted by molar-refractivity contribution is 0.223. The van der Waals surface area contributed by atoms with Gasteiger partial charge in [0.2, 0.25) is 0 Å².